The predicted octanol–water partition coefficient (Wildman–Crippen LogP) is 2.48. The Morgan fingerprint density at radius 1 is 1.35 bits per heavy atom. The van der Waals surface area contributed by atoms with Gasteiger partial charge >= 0.3 is 0 Å². The summed E-state index contributed by atoms with van der Waals surface area (Å²) < 4.78 is 15.8. The van der Waals surface area contributed by atoms with Crippen LogP contribution in [0.3, 0.4) is 0 Å². The van der Waals surface area contributed by atoms with Gasteiger partial charge in [-0.1, -0.05) is 12.1 Å². The molecular weight excluding hydrogens is 258 g/mol. The zero-order valence-corrected chi connectivity index (χ0v) is 11.4. The molecule has 6 heteroatoms. The Labute approximate surface area is 116 Å². The number of aryl methyl sites for hydroxylation is 1. The van der Waals surface area contributed by atoms with E-state index in [1.54, 1.807) is 18.2 Å². The van der Waals surface area contributed by atoms with Crippen molar-refractivity contribution in [2.45, 2.75) is 26.4 Å². The van der Waals surface area contributed by atoms with Crippen LogP contribution in [0.4, 0.5) is 0 Å². The zero-order chi connectivity index (χ0) is 14.4. The minimum Gasteiger partial charge on any atom is -0.493 e. The van der Waals surface area contributed by atoms with Gasteiger partial charge in [0.2, 0.25) is 11.7 Å². The van der Waals surface area contributed by atoms with Crippen LogP contribution in [-0.2, 0) is 13.0 Å². The third-order valence-corrected chi connectivity index (χ3v) is 2.62. The lowest BCUT2D eigenvalue weighted by Gasteiger charge is -2.08. The highest BCUT2D eigenvalue weighted by molar-refractivity contribution is 5.46. The molecule has 0 bridgehead atoms. The number of hydrogen-bond acceptors (Lipinski definition) is 6. The number of aromatic nitrogens is 2. The van der Waals surface area contributed by atoms with E-state index in [0.29, 0.717) is 28.8 Å². The standard InChI is InChI=1S/C14H15N3O3/c1-3-4-14-16-13(17-20-14)9-19-11-6-5-10(8-15)7-12(11)18-2/h5-7H,3-4,9H2,1-2H3. The van der Waals surface area contributed by atoms with E-state index in [1.807, 2.05) is 13.0 Å². The van der Waals surface area contributed by atoms with Gasteiger partial charge in [0, 0.05) is 12.5 Å². The second-order valence-corrected chi connectivity index (χ2v) is 4.12. The lowest BCUT2D eigenvalue weighted by atomic mass is 10.2. The summed E-state index contributed by atoms with van der Waals surface area (Å²) in [6.07, 6.45) is 1.71. The second-order valence-electron chi connectivity index (χ2n) is 4.12. The normalized spacial score (nSPS) is 10.1. The van der Waals surface area contributed by atoms with Crippen LogP contribution in [0.2, 0.25) is 0 Å². The molecule has 1 aromatic heterocycles. The molecule has 0 aliphatic heterocycles. The van der Waals surface area contributed by atoms with Crippen LogP contribution in [0, 0.1) is 11.3 Å². The van der Waals surface area contributed by atoms with E-state index in [-0.39, 0.29) is 6.61 Å². The largest absolute Gasteiger partial charge is 0.493 e. The number of nitriles is 1. The molecular formula is C14H15N3O3. The molecule has 0 aliphatic rings. The zero-order valence-electron chi connectivity index (χ0n) is 11.4. The highest BCUT2D eigenvalue weighted by Crippen LogP contribution is 2.28. The van der Waals surface area contributed by atoms with Crippen molar-refractivity contribution in [2.24, 2.45) is 0 Å². The fourth-order valence-corrected chi connectivity index (χ4v) is 1.66. The summed E-state index contributed by atoms with van der Waals surface area (Å²) >= 11 is 0. The molecule has 0 saturated carbocycles. The first kappa shape index (κ1) is 13.9. The molecule has 0 spiro atoms. The van der Waals surface area contributed by atoms with Gasteiger partial charge in [-0.25, -0.2) is 0 Å². The maximum absolute atomic E-state index is 8.83. The molecule has 1 heterocycles. The smallest absolute Gasteiger partial charge is 0.226 e. The van der Waals surface area contributed by atoms with Gasteiger partial charge in [0.05, 0.1) is 18.7 Å². The van der Waals surface area contributed by atoms with Crippen molar-refractivity contribution in [3.63, 3.8) is 0 Å². The second kappa shape index (κ2) is 6.57. The van der Waals surface area contributed by atoms with Crippen molar-refractivity contribution in [3.8, 4) is 17.6 Å². The van der Waals surface area contributed by atoms with Crippen molar-refractivity contribution in [1.82, 2.24) is 10.1 Å². The Kier molecular flexibility index (Phi) is 4.56. The Hall–Kier alpha value is -2.55. The first-order chi connectivity index (χ1) is 9.76. The highest BCUT2D eigenvalue weighted by atomic mass is 16.5. The maximum atomic E-state index is 8.83. The van der Waals surface area contributed by atoms with Crippen LogP contribution in [0.5, 0.6) is 11.5 Å². The molecule has 0 amide bonds. The molecule has 2 aromatic rings. The van der Waals surface area contributed by atoms with E-state index in [2.05, 4.69) is 10.1 Å². The minimum atomic E-state index is 0.190. The first-order valence-corrected chi connectivity index (χ1v) is 6.29. The molecule has 1 aromatic carbocycles. The predicted molar refractivity (Wildman–Crippen MR) is 70.3 cm³/mol. The summed E-state index contributed by atoms with van der Waals surface area (Å²) in [5, 5.41) is 12.7. The number of rotatable bonds is 6. The molecule has 20 heavy (non-hydrogen) atoms. The number of hydrogen-bond donors (Lipinski definition) is 0. The van der Waals surface area contributed by atoms with Crippen LogP contribution in [0.1, 0.15) is 30.6 Å². The summed E-state index contributed by atoms with van der Waals surface area (Å²) in [4.78, 5) is 4.21. The number of benzene rings is 1. The fraction of sp³-hybridized carbons (Fsp3) is 0.357. The highest BCUT2D eigenvalue weighted by Gasteiger charge is 2.09. The lowest BCUT2D eigenvalue weighted by molar-refractivity contribution is 0.269. The third-order valence-electron chi connectivity index (χ3n) is 2.62. The van der Waals surface area contributed by atoms with Crippen molar-refractivity contribution < 1.29 is 14.0 Å². The van der Waals surface area contributed by atoms with Crippen molar-refractivity contribution in [3.05, 3.63) is 35.5 Å². The van der Waals surface area contributed by atoms with Crippen molar-refractivity contribution in [2.75, 3.05) is 7.11 Å². The molecule has 104 valence electrons. The topological polar surface area (TPSA) is 81.2 Å². The van der Waals surface area contributed by atoms with Crippen molar-refractivity contribution in [1.29, 1.82) is 5.26 Å². The maximum Gasteiger partial charge on any atom is 0.226 e. The van der Waals surface area contributed by atoms with E-state index in [4.69, 9.17) is 19.3 Å². The van der Waals surface area contributed by atoms with Gasteiger partial charge < -0.3 is 14.0 Å². The van der Waals surface area contributed by atoms with Gasteiger partial charge in [-0.15, -0.1) is 0 Å². The lowest BCUT2D eigenvalue weighted by Crippen LogP contribution is -2.00. The van der Waals surface area contributed by atoms with Gasteiger partial charge in [-0.05, 0) is 18.6 Å². The Morgan fingerprint density at radius 2 is 2.20 bits per heavy atom. The summed E-state index contributed by atoms with van der Waals surface area (Å²) in [6, 6.07) is 7.01. The van der Waals surface area contributed by atoms with E-state index in [1.165, 1.54) is 7.11 Å². The summed E-state index contributed by atoms with van der Waals surface area (Å²) in [6.45, 7) is 2.23. The molecule has 0 saturated heterocycles. The van der Waals surface area contributed by atoms with Gasteiger partial charge in [-0.2, -0.15) is 10.2 Å². The molecule has 0 atom stereocenters. The van der Waals surface area contributed by atoms with E-state index in [0.717, 1.165) is 12.8 Å². The molecule has 0 radical (unpaired) electrons. The van der Waals surface area contributed by atoms with Gasteiger partial charge in [0.1, 0.15) is 0 Å². The van der Waals surface area contributed by atoms with E-state index >= 15 is 0 Å². The summed E-state index contributed by atoms with van der Waals surface area (Å²) in [5.74, 6) is 2.13. The summed E-state index contributed by atoms with van der Waals surface area (Å²) in [5.41, 5.74) is 0.513. The van der Waals surface area contributed by atoms with Gasteiger partial charge in [0.15, 0.2) is 18.1 Å². The molecule has 6 nitrogen and oxygen atoms in total. The van der Waals surface area contributed by atoms with Gasteiger partial charge in [0.25, 0.3) is 0 Å². The van der Waals surface area contributed by atoms with Crippen molar-refractivity contribution >= 4 is 0 Å². The molecule has 2 rings (SSSR count). The molecule has 0 N–H and O–H groups in total. The molecule has 0 unspecified atom stereocenters. The third kappa shape index (κ3) is 3.26. The van der Waals surface area contributed by atoms with Crippen LogP contribution < -0.4 is 9.47 Å². The Balaban J connectivity index is 2.04. The Morgan fingerprint density at radius 3 is 2.90 bits per heavy atom. The van der Waals surface area contributed by atoms with Crippen LogP contribution in [0.15, 0.2) is 22.7 Å². The van der Waals surface area contributed by atoms with Crippen LogP contribution >= 0.6 is 0 Å². The summed E-state index contributed by atoms with van der Waals surface area (Å²) in [7, 11) is 1.52. The average molecular weight is 273 g/mol. The quantitative estimate of drug-likeness (QED) is 0.804. The SMILES string of the molecule is CCCc1nc(COc2ccc(C#N)cc2OC)no1. The monoisotopic (exact) mass is 273 g/mol. The molecule has 0 fully saturated rings. The fourth-order valence-electron chi connectivity index (χ4n) is 1.66. The average Bonchev–Trinajstić information content (AvgIpc) is 2.93. The van der Waals surface area contributed by atoms with Crippen LogP contribution in [-0.4, -0.2) is 17.3 Å². The van der Waals surface area contributed by atoms with Gasteiger partial charge in [-0.3, -0.25) is 0 Å². The van der Waals surface area contributed by atoms with E-state index in [9.17, 15) is 0 Å². The minimum absolute atomic E-state index is 0.190. The van der Waals surface area contributed by atoms with Crippen LogP contribution in [0.25, 0.3) is 0 Å². The first-order valence-electron chi connectivity index (χ1n) is 6.29. The number of ether oxygens (including phenoxy) is 2. The molecule has 0 aliphatic carbocycles. The number of methoxy groups -OCH3 is 1. The number of nitrogens with zero attached hydrogens (tertiary/aromatic N) is 3. The van der Waals surface area contributed by atoms with E-state index < -0.39 is 0 Å². The Bertz CT molecular complexity index is 616.